The Balaban J connectivity index is 1.97. The Hall–Kier alpha value is -0.830. The fourth-order valence-corrected chi connectivity index (χ4v) is 2.86. The summed E-state index contributed by atoms with van der Waals surface area (Å²) in [5, 5.41) is 3.18. The summed E-state index contributed by atoms with van der Waals surface area (Å²) in [6.45, 7) is 3.25. The van der Waals surface area contributed by atoms with E-state index in [1.54, 1.807) is 0 Å². The number of imidazole rings is 1. The normalized spacial score (nSPS) is 17.5. The van der Waals surface area contributed by atoms with Crippen LogP contribution in [0.2, 0.25) is 0 Å². The van der Waals surface area contributed by atoms with Crippen LogP contribution in [-0.2, 0) is 6.42 Å². The van der Waals surface area contributed by atoms with Crippen LogP contribution >= 0.6 is 0 Å². The van der Waals surface area contributed by atoms with Crippen molar-refractivity contribution in [2.75, 3.05) is 13.6 Å². The van der Waals surface area contributed by atoms with Crippen LogP contribution in [0.3, 0.4) is 0 Å². The third kappa shape index (κ3) is 3.32. The molecule has 1 saturated carbocycles. The molecule has 0 amide bonds. The second kappa shape index (κ2) is 6.20. The first-order valence-corrected chi connectivity index (χ1v) is 7.01. The molecule has 1 aliphatic carbocycles. The molecule has 2 rings (SSSR count). The Labute approximate surface area is 104 Å². The van der Waals surface area contributed by atoms with Crippen LogP contribution in [0.4, 0.5) is 0 Å². The van der Waals surface area contributed by atoms with E-state index in [9.17, 15) is 0 Å². The molecule has 0 saturated heterocycles. The summed E-state index contributed by atoms with van der Waals surface area (Å²) in [4.78, 5) is 8.28. The topological polar surface area (TPSA) is 40.7 Å². The lowest BCUT2D eigenvalue weighted by Crippen LogP contribution is -2.09. The molecule has 1 heterocycles. The summed E-state index contributed by atoms with van der Waals surface area (Å²) >= 11 is 0. The highest BCUT2D eigenvalue weighted by Crippen LogP contribution is 2.33. The second-order valence-corrected chi connectivity index (χ2v) is 5.24. The van der Waals surface area contributed by atoms with E-state index in [2.05, 4.69) is 17.2 Å². The van der Waals surface area contributed by atoms with Crippen molar-refractivity contribution in [3.05, 3.63) is 17.2 Å². The molecule has 2 N–H and O–H groups in total. The van der Waals surface area contributed by atoms with Crippen LogP contribution in [0.1, 0.15) is 61.7 Å². The quantitative estimate of drug-likeness (QED) is 0.770. The Morgan fingerprint density at radius 1 is 1.29 bits per heavy atom. The Bertz CT molecular complexity index is 337. The third-order valence-electron chi connectivity index (χ3n) is 3.80. The maximum absolute atomic E-state index is 4.82. The molecule has 1 fully saturated rings. The number of aryl methyl sites for hydroxylation is 2. The lowest BCUT2D eigenvalue weighted by Gasteiger charge is -2.20. The Morgan fingerprint density at radius 2 is 2.06 bits per heavy atom. The van der Waals surface area contributed by atoms with Crippen molar-refractivity contribution >= 4 is 0 Å². The van der Waals surface area contributed by atoms with E-state index in [0.717, 1.165) is 25.3 Å². The number of H-pyrrole nitrogens is 1. The third-order valence-corrected chi connectivity index (χ3v) is 3.80. The number of rotatable bonds is 5. The van der Waals surface area contributed by atoms with Gasteiger partial charge in [-0.15, -0.1) is 0 Å². The first-order chi connectivity index (χ1) is 8.31. The van der Waals surface area contributed by atoms with Crippen LogP contribution in [-0.4, -0.2) is 23.6 Å². The van der Waals surface area contributed by atoms with Gasteiger partial charge in [-0.05, 0) is 39.8 Å². The highest BCUT2D eigenvalue weighted by Gasteiger charge is 2.20. The van der Waals surface area contributed by atoms with E-state index >= 15 is 0 Å². The van der Waals surface area contributed by atoms with Crippen LogP contribution < -0.4 is 5.32 Å². The lowest BCUT2D eigenvalue weighted by molar-refractivity contribution is 0.436. The summed E-state index contributed by atoms with van der Waals surface area (Å²) in [6, 6.07) is 0. The molecule has 96 valence electrons. The van der Waals surface area contributed by atoms with E-state index in [4.69, 9.17) is 4.98 Å². The van der Waals surface area contributed by atoms with Crippen molar-refractivity contribution in [2.45, 2.75) is 57.8 Å². The van der Waals surface area contributed by atoms with Gasteiger partial charge in [0.15, 0.2) is 0 Å². The molecule has 0 aromatic carbocycles. The van der Waals surface area contributed by atoms with E-state index < -0.39 is 0 Å². The number of hydrogen-bond donors (Lipinski definition) is 2. The average Bonchev–Trinajstić information content (AvgIpc) is 2.72. The zero-order chi connectivity index (χ0) is 12.1. The minimum Gasteiger partial charge on any atom is -0.346 e. The van der Waals surface area contributed by atoms with Crippen LogP contribution in [0, 0.1) is 6.92 Å². The molecule has 0 spiro atoms. The van der Waals surface area contributed by atoms with Gasteiger partial charge < -0.3 is 10.3 Å². The number of aromatic amines is 1. The number of hydrogen-bond acceptors (Lipinski definition) is 2. The van der Waals surface area contributed by atoms with Gasteiger partial charge in [-0.2, -0.15) is 0 Å². The molecule has 0 atom stereocenters. The van der Waals surface area contributed by atoms with Crippen LogP contribution in [0.5, 0.6) is 0 Å². The minimum absolute atomic E-state index is 0.720. The molecule has 3 nitrogen and oxygen atoms in total. The molecule has 1 aromatic rings. The maximum Gasteiger partial charge on any atom is 0.106 e. The number of nitrogens with one attached hydrogen (secondary N) is 2. The number of nitrogens with zero attached hydrogens (tertiary/aromatic N) is 1. The highest BCUT2D eigenvalue weighted by molar-refractivity contribution is 5.18. The second-order valence-electron chi connectivity index (χ2n) is 5.24. The molecule has 17 heavy (non-hydrogen) atoms. The van der Waals surface area contributed by atoms with Gasteiger partial charge in [-0.1, -0.05) is 19.3 Å². The molecule has 0 radical (unpaired) electrons. The molecule has 1 aliphatic rings. The summed E-state index contributed by atoms with van der Waals surface area (Å²) in [5.74, 6) is 1.90. The smallest absolute Gasteiger partial charge is 0.106 e. The van der Waals surface area contributed by atoms with E-state index in [0.29, 0.717) is 0 Å². The first kappa shape index (κ1) is 12.6. The van der Waals surface area contributed by atoms with Crippen molar-refractivity contribution in [2.24, 2.45) is 0 Å². The fraction of sp³-hybridized carbons (Fsp3) is 0.786. The lowest BCUT2D eigenvalue weighted by atomic mass is 9.86. The molecular weight excluding hydrogens is 210 g/mol. The van der Waals surface area contributed by atoms with Crippen molar-refractivity contribution < 1.29 is 0 Å². The highest BCUT2D eigenvalue weighted by atomic mass is 14.9. The van der Waals surface area contributed by atoms with Crippen molar-refractivity contribution in [3.8, 4) is 0 Å². The summed E-state index contributed by atoms with van der Waals surface area (Å²) in [7, 11) is 2.00. The molecule has 0 bridgehead atoms. The summed E-state index contributed by atoms with van der Waals surface area (Å²) < 4.78 is 0. The summed E-state index contributed by atoms with van der Waals surface area (Å²) in [5.41, 5.74) is 2.65. The monoisotopic (exact) mass is 235 g/mol. The van der Waals surface area contributed by atoms with Crippen LogP contribution in [0.15, 0.2) is 0 Å². The molecule has 0 aliphatic heterocycles. The molecule has 1 aromatic heterocycles. The average molecular weight is 235 g/mol. The van der Waals surface area contributed by atoms with E-state index in [-0.39, 0.29) is 0 Å². The standard InChI is InChI=1S/C14H25N3/c1-11-14(12-7-4-3-5-8-12)17-13(16-11)9-6-10-15-2/h12,15H,3-10H2,1-2H3,(H,16,17). The molecular formula is C14H25N3. The summed E-state index contributed by atoms with van der Waals surface area (Å²) in [6.07, 6.45) is 9.07. The maximum atomic E-state index is 4.82. The van der Waals surface area contributed by atoms with Gasteiger partial charge in [0.05, 0.1) is 5.69 Å². The van der Waals surface area contributed by atoms with Gasteiger partial charge in [-0.25, -0.2) is 4.98 Å². The predicted molar refractivity (Wildman–Crippen MR) is 71.4 cm³/mol. The zero-order valence-corrected chi connectivity index (χ0v) is 11.2. The SMILES string of the molecule is CNCCCc1nc(C2CCCCC2)c(C)[nH]1. The van der Waals surface area contributed by atoms with Gasteiger partial charge in [0.25, 0.3) is 0 Å². The van der Waals surface area contributed by atoms with Gasteiger partial charge in [-0.3, -0.25) is 0 Å². The minimum atomic E-state index is 0.720. The van der Waals surface area contributed by atoms with Crippen molar-refractivity contribution in [1.82, 2.24) is 15.3 Å². The van der Waals surface area contributed by atoms with E-state index in [1.807, 2.05) is 7.05 Å². The first-order valence-electron chi connectivity index (χ1n) is 7.01. The van der Waals surface area contributed by atoms with Crippen molar-refractivity contribution in [1.29, 1.82) is 0 Å². The van der Waals surface area contributed by atoms with Gasteiger partial charge in [0.1, 0.15) is 5.82 Å². The van der Waals surface area contributed by atoms with Crippen LogP contribution in [0.25, 0.3) is 0 Å². The van der Waals surface area contributed by atoms with Crippen molar-refractivity contribution in [3.63, 3.8) is 0 Å². The molecule has 0 unspecified atom stereocenters. The van der Waals surface area contributed by atoms with E-state index in [1.165, 1.54) is 49.3 Å². The van der Waals surface area contributed by atoms with Gasteiger partial charge in [0, 0.05) is 18.0 Å². The predicted octanol–water partition coefficient (Wildman–Crippen LogP) is 2.92. The largest absolute Gasteiger partial charge is 0.346 e. The Morgan fingerprint density at radius 3 is 2.76 bits per heavy atom. The Kier molecular flexibility index (Phi) is 4.60. The number of aromatic nitrogens is 2. The molecule has 3 heteroatoms. The van der Waals surface area contributed by atoms with Gasteiger partial charge >= 0.3 is 0 Å². The fourth-order valence-electron chi connectivity index (χ4n) is 2.86. The van der Waals surface area contributed by atoms with Gasteiger partial charge in [0.2, 0.25) is 0 Å². The zero-order valence-electron chi connectivity index (χ0n) is 11.2.